The van der Waals surface area contributed by atoms with Crippen molar-refractivity contribution in [3.05, 3.63) is 54.1 Å². The van der Waals surface area contributed by atoms with Crippen molar-refractivity contribution in [2.45, 2.75) is 12.8 Å². The fourth-order valence-electron chi connectivity index (χ4n) is 1.93. The van der Waals surface area contributed by atoms with E-state index in [1.54, 1.807) is 36.4 Å². The summed E-state index contributed by atoms with van der Waals surface area (Å²) < 4.78 is 10.3. The van der Waals surface area contributed by atoms with Crippen LogP contribution in [0.1, 0.15) is 17.9 Å². The number of nitriles is 1. The van der Waals surface area contributed by atoms with Crippen molar-refractivity contribution in [1.82, 2.24) is 10.1 Å². The van der Waals surface area contributed by atoms with Crippen molar-refractivity contribution in [3.63, 3.8) is 0 Å². The zero-order chi connectivity index (χ0) is 16.1. The first kappa shape index (κ1) is 14.5. The summed E-state index contributed by atoms with van der Waals surface area (Å²) in [7, 11) is 0. The van der Waals surface area contributed by atoms with Gasteiger partial charge in [-0.25, -0.2) is 0 Å². The summed E-state index contributed by atoms with van der Waals surface area (Å²) in [5.41, 5.74) is 1.18. The smallest absolute Gasteiger partial charge is 0.238 e. The lowest BCUT2D eigenvalue weighted by atomic mass is 10.2. The molecule has 0 fully saturated rings. The molecule has 7 nitrogen and oxygen atoms in total. The summed E-state index contributed by atoms with van der Waals surface area (Å²) in [6.07, 6.45) is 2.06. The Morgan fingerprint density at radius 1 is 1.26 bits per heavy atom. The molecule has 0 bridgehead atoms. The van der Waals surface area contributed by atoms with Crippen LogP contribution >= 0.6 is 0 Å². The number of hydrogen-bond acceptors (Lipinski definition) is 6. The van der Waals surface area contributed by atoms with E-state index in [-0.39, 0.29) is 12.3 Å². The van der Waals surface area contributed by atoms with Crippen LogP contribution in [0.15, 0.2) is 51.6 Å². The first-order chi connectivity index (χ1) is 11.2. The van der Waals surface area contributed by atoms with Crippen molar-refractivity contribution in [2.24, 2.45) is 0 Å². The molecule has 1 N–H and O–H groups in total. The van der Waals surface area contributed by atoms with Gasteiger partial charge in [-0.3, -0.25) is 4.79 Å². The molecule has 1 amide bonds. The maximum atomic E-state index is 11.9. The molecule has 3 rings (SSSR count). The quantitative estimate of drug-likeness (QED) is 0.777. The molecule has 114 valence electrons. The first-order valence-electron chi connectivity index (χ1n) is 6.91. The highest BCUT2D eigenvalue weighted by molar-refractivity contribution is 5.90. The summed E-state index contributed by atoms with van der Waals surface area (Å²) in [5, 5.41) is 15.3. The van der Waals surface area contributed by atoms with Crippen LogP contribution < -0.4 is 5.32 Å². The number of nitrogens with one attached hydrogen (secondary N) is 1. The fourth-order valence-corrected chi connectivity index (χ4v) is 1.93. The van der Waals surface area contributed by atoms with Gasteiger partial charge in [0.05, 0.1) is 17.9 Å². The van der Waals surface area contributed by atoms with E-state index >= 15 is 0 Å². The minimum atomic E-state index is -0.174. The molecule has 2 heterocycles. The molecule has 0 spiro atoms. The predicted octanol–water partition coefficient (Wildman–Crippen LogP) is 2.77. The largest absolute Gasteiger partial charge is 0.461 e. The monoisotopic (exact) mass is 308 g/mol. The van der Waals surface area contributed by atoms with Gasteiger partial charge in [-0.2, -0.15) is 10.2 Å². The minimum absolute atomic E-state index is 0.174. The highest BCUT2D eigenvalue weighted by Crippen LogP contribution is 2.16. The molecule has 0 aliphatic rings. The van der Waals surface area contributed by atoms with Gasteiger partial charge in [0.25, 0.3) is 0 Å². The minimum Gasteiger partial charge on any atom is -0.461 e. The number of furan rings is 1. The molecule has 0 atom stereocenters. The number of carbonyl (C=O) groups is 1. The third-order valence-electron chi connectivity index (χ3n) is 3.07. The van der Waals surface area contributed by atoms with Crippen molar-refractivity contribution in [1.29, 1.82) is 5.26 Å². The Hall–Kier alpha value is -3.40. The lowest BCUT2D eigenvalue weighted by Gasteiger charge is -2.03. The number of benzene rings is 1. The van der Waals surface area contributed by atoms with E-state index in [1.807, 2.05) is 6.07 Å². The number of hydrogen-bond donors (Lipinski definition) is 1. The number of amides is 1. The summed E-state index contributed by atoms with van der Waals surface area (Å²) in [4.78, 5) is 16.1. The van der Waals surface area contributed by atoms with Gasteiger partial charge in [0, 0.05) is 18.5 Å². The van der Waals surface area contributed by atoms with Crippen LogP contribution in [0.25, 0.3) is 11.6 Å². The van der Waals surface area contributed by atoms with Gasteiger partial charge in [0.2, 0.25) is 17.6 Å². The number of aromatic nitrogens is 2. The topological polar surface area (TPSA) is 105 Å². The van der Waals surface area contributed by atoms with Crippen LogP contribution in [-0.2, 0) is 11.2 Å². The Morgan fingerprint density at radius 3 is 2.78 bits per heavy atom. The number of nitrogens with zero attached hydrogens (tertiary/aromatic N) is 3. The Balaban J connectivity index is 1.53. The standard InChI is InChI=1S/C16H12N4O3/c17-10-11-3-5-12(6-4-11)18-14(21)7-8-15-19-16(20-23-15)13-2-1-9-22-13/h1-6,9H,7-8H2,(H,18,21). The summed E-state index contributed by atoms with van der Waals surface area (Å²) in [5.74, 6) is 1.07. The molecule has 0 unspecified atom stereocenters. The van der Waals surface area contributed by atoms with Gasteiger partial charge in [-0.05, 0) is 36.4 Å². The first-order valence-corrected chi connectivity index (χ1v) is 6.91. The van der Waals surface area contributed by atoms with E-state index in [9.17, 15) is 4.79 Å². The maximum Gasteiger partial charge on any atom is 0.238 e. The Kier molecular flexibility index (Phi) is 4.16. The zero-order valence-electron chi connectivity index (χ0n) is 12.0. The Morgan fingerprint density at radius 2 is 2.09 bits per heavy atom. The average Bonchev–Trinajstić information content (AvgIpc) is 3.25. The number of aryl methyl sites for hydroxylation is 1. The second kappa shape index (κ2) is 6.58. The lowest BCUT2D eigenvalue weighted by molar-refractivity contribution is -0.116. The predicted molar refractivity (Wildman–Crippen MR) is 80.1 cm³/mol. The van der Waals surface area contributed by atoms with E-state index < -0.39 is 0 Å². The van der Waals surface area contributed by atoms with Gasteiger partial charge >= 0.3 is 0 Å². The van der Waals surface area contributed by atoms with Crippen LogP contribution in [0, 0.1) is 11.3 Å². The van der Waals surface area contributed by atoms with Crippen LogP contribution in [0.3, 0.4) is 0 Å². The van der Waals surface area contributed by atoms with Crippen molar-refractivity contribution in [2.75, 3.05) is 5.32 Å². The molecule has 0 radical (unpaired) electrons. The van der Waals surface area contributed by atoms with Gasteiger partial charge in [-0.1, -0.05) is 5.16 Å². The number of rotatable bonds is 5. The molecule has 0 saturated heterocycles. The summed E-state index contributed by atoms with van der Waals surface area (Å²) in [6.45, 7) is 0. The van der Waals surface area contributed by atoms with Crippen LogP contribution in [0.4, 0.5) is 5.69 Å². The Bertz CT molecular complexity index is 829. The molecule has 23 heavy (non-hydrogen) atoms. The van der Waals surface area contributed by atoms with Crippen LogP contribution in [-0.4, -0.2) is 16.0 Å². The molecular weight excluding hydrogens is 296 g/mol. The number of carbonyl (C=O) groups excluding carboxylic acids is 1. The number of anilines is 1. The molecule has 3 aromatic rings. The van der Waals surface area contributed by atoms with E-state index in [2.05, 4.69) is 15.5 Å². The van der Waals surface area contributed by atoms with E-state index in [0.717, 1.165) is 0 Å². The van der Waals surface area contributed by atoms with Crippen LogP contribution in [0.2, 0.25) is 0 Å². The molecule has 0 aliphatic heterocycles. The normalized spacial score (nSPS) is 10.2. The van der Waals surface area contributed by atoms with E-state index in [4.69, 9.17) is 14.2 Å². The highest BCUT2D eigenvalue weighted by Gasteiger charge is 2.12. The van der Waals surface area contributed by atoms with E-state index in [0.29, 0.717) is 35.1 Å². The zero-order valence-corrected chi connectivity index (χ0v) is 12.0. The van der Waals surface area contributed by atoms with Gasteiger partial charge in [0.15, 0.2) is 5.76 Å². The molecule has 0 saturated carbocycles. The van der Waals surface area contributed by atoms with Crippen molar-refractivity contribution >= 4 is 11.6 Å². The SMILES string of the molecule is N#Cc1ccc(NC(=O)CCc2nc(-c3ccco3)no2)cc1. The molecule has 2 aromatic heterocycles. The average molecular weight is 308 g/mol. The molecule has 7 heteroatoms. The van der Waals surface area contributed by atoms with Crippen LogP contribution in [0.5, 0.6) is 0 Å². The summed E-state index contributed by atoms with van der Waals surface area (Å²) >= 11 is 0. The Labute approximate surface area is 131 Å². The summed E-state index contributed by atoms with van der Waals surface area (Å²) in [6, 6.07) is 12.1. The van der Waals surface area contributed by atoms with Gasteiger partial charge in [-0.15, -0.1) is 0 Å². The van der Waals surface area contributed by atoms with E-state index in [1.165, 1.54) is 6.26 Å². The maximum absolute atomic E-state index is 11.9. The van der Waals surface area contributed by atoms with Crippen molar-refractivity contribution < 1.29 is 13.7 Å². The third kappa shape index (κ3) is 3.63. The third-order valence-corrected chi connectivity index (χ3v) is 3.07. The van der Waals surface area contributed by atoms with Crippen molar-refractivity contribution in [3.8, 4) is 17.7 Å². The second-order valence-electron chi connectivity index (χ2n) is 4.73. The van der Waals surface area contributed by atoms with Gasteiger partial charge < -0.3 is 14.3 Å². The molecular formula is C16H12N4O3. The molecule has 1 aromatic carbocycles. The highest BCUT2D eigenvalue weighted by atomic mass is 16.5. The lowest BCUT2D eigenvalue weighted by Crippen LogP contribution is -2.12. The molecule has 0 aliphatic carbocycles. The fraction of sp³-hybridized carbons (Fsp3) is 0.125. The second-order valence-corrected chi connectivity index (χ2v) is 4.73. The van der Waals surface area contributed by atoms with Gasteiger partial charge in [0.1, 0.15) is 0 Å².